The van der Waals surface area contributed by atoms with E-state index >= 15 is 0 Å². The van der Waals surface area contributed by atoms with Crippen molar-refractivity contribution >= 4 is 52.5 Å². The molecule has 3 aliphatic heterocycles. The van der Waals surface area contributed by atoms with Gasteiger partial charge in [-0.05, 0) is 55.0 Å². The standard InChI is InChI=1S/C36H32F3N9O6/c37-36(38,39)22-19-20(7-8-23(22)43-32(51)27-6-2-4-24(41-27)25-11-13-40-45-25)47-17-15-46(16-18-47)14-12-30(50)42-26-5-1-3-21-31(26)35(54)48(34(21)53)28-9-10-29(49)44-33(28)52/h1-8,11,13,19,28H,9-10,12,14-18H2,(H,40,45)(H,42,50)(H,43,51)(H,44,49,52). The molecule has 0 radical (unpaired) electrons. The fourth-order valence-electron chi connectivity index (χ4n) is 6.69. The van der Waals surface area contributed by atoms with Crippen LogP contribution in [0.25, 0.3) is 11.4 Å². The van der Waals surface area contributed by atoms with Crippen molar-refractivity contribution < 1.29 is 41.9 Å². The number of pyridine rings is 1. The number of fused-ring (bicyclic) bond motifs is 1. The molecule has 5 heterocycles. The molecule has 18 heteroatoms. The van der Waals surface area contributed by atoms with E-state index in [0.29, 0.717) is 49.8 Å². The predicted octanol–water partition coefficient (Wildman–Crippen LogP) is 3.29. The minimum absolute atomic E-state index is 0.000274. The number of rotatable bonds is 9. The Morgan fingerprint density at radius 2 is 1.67 bits per heavy atom. The van der Waals surface area contributed by atoms with Gasteiger partial charge in [-0.2, -0.15) is 18.3 Å². The van der Waals surface area contributed by atoms with E-state index in [1.165, 1.54) is 42.6 Å². The minimum atomic E-state index is -4.76. The molecule has 1 atom stereocenters. The van der Waals surface area contributed by atoms with Crippen LogP contribution in [0.3, 0.4) is 0 Å². The lowest BCUT2D eigenvalue weighted by Crippen LogP contribution is -2.54. The molecule has 0 aliphatic carbocycles. The van der Waals surface area contributed by atoms with E-state index in [1.54, 1.807) is 23.1 Å². The van der Waals surface area contributed by atoms with E-state index < -0.39 is 58.9 Å². The highest BCUT2D eigenvalue weighted by atomic mass is 19.4. The van der Waals surface area contributed by atoms with Crippen molar-refractivity contribution in [2.45, 2.75) is 31.5 Å². The molecule has 0 saturated carbocycles. The Hall–Kier alpha value is -6.43. The predicted molar refractivity (Wildman–Crippen MR) is 186 cm³/mol. The van der Waals surface area contributed by atoms with E-state index in [4.69, 9.17) is 0 Å². The Kier molecular flexibility index (Phi) is 9.68. The van der Waals surface area contributed by atoms with Gasteiger partial charge in [0, 0.05) is 57.4 Å². The van der Waals surface area contributed by atoms with Gasteiger partial charge in [-0.3, -0.25) is 49.0 Å². The summed E-state index contributed by atoms with van der Waals surface area (Å²) in [6.07, 6.45) is -3.26. The number of hydrogen-bond acceptors (Lipinski definition) is 10. The molecule has 6 amide bonds. The van der Waals surface area contributed by atoms with Crippen LogP contribution in [0.15, 0.2) is 66.9 Å². The lowest BCUT2D eigenvalue weighted by Gasteiger charge is -2.36. The van der Waals surface area contributed by atoms with Crippen molar-refractivity contribution in [2.24, 2.45) is 0 Å². The van der Waals surface area contributed by atoms with Crippen LogP contribution < -0.4 is 20.9 Å². The Morgan fingerprint density at radius 1 is 0.889 bits per heavy atom. The summed E-state index contributed by atoms with van der Waals surface area (Å²) in [7, 11) is 0. The second-order valence-corrected chi connectivity index (χ2v) is 12.9. The molecule has 2 aromatic heterocycles. The molecule has 278 valence electrons. The van der Waals surface area contributed by atoms with Gasteiger partial charge in [0.2, 0.25) is 17.7 Å². The van der Waals surface area contributed by atoms with Gasteiger partial charge in [0.15, 0.2) is 0 Å². The maximum atomic E-state index is 14.2. The van der Waals surface area contributed by atoms with Crippen molar-refractivity contribution in [1.29, 1.82) is 0 Å². The molecular formula is C36H32F3N9O6. The van der Waals surface area contributed by atoms with Crippen LogP contribution >= 0.6 is 0 Å². The summed E-state index contributed by atoms with van der Waals surface area (Å²) in [5.74, 6) is -3.90. The normalized spacial score (nSPS) is 17.7. The van der Waals surface area contributed by atoms with Gasteiger partial charge in [-0.25, -0.2) is 4.98 Å². The first-order valence-electron chi connectivity index (χ1n) is 17.0. The molecule has 2 aromatic carbocycles. The minimum Gasteiger partial charge on any atom is -0.369 e. The molecule has 54 heavy (non-hydrogen) atoms. The van der Waals surface area contributed by atoms with Gasteiger partial charge < -0.3 is 15.5 Å². The first kappa shape index (κ1) is 36.0. The summed E-state index contributed by atoms with van der Waals surface area (Å²) in [6, 6.07) is 13.3. The van der Waals surface area contributed by atoms with Gasteiger partial charge in [0.1, 0.15) is 11.7 Å². The third-order valence-corrected chi connectivity index (χ3v) is 9.45. The first-order chi connectivity index (χ1) is 25.9. The number of anilines is 3. The molecule has 4 aromatic rings. The molecule has 0 bridgehead atoms. The van der Waals surface area contributed by atoms with E-state index in [0.717, 1.165) is 11.0 Å². The van der Waals surface area contributed by atoms with Crippen molar-refractivity contribution in [3.63, 3.8) is 0 Å². The van der Waals surface area contributed by atoms with Crippen LogP contribution in [-0.2, 0) is 20.6 Å². The van der Waals surface area contributed by atoms with Gasteiger partial charge in [0.25, 0.3) is 17.7 Å². The van der Waals surface area contributed by atoms with Crippen molar-refractivity contribution in [3.8, 4) is 11.4 Å². The average molecular weight is 744 g/mol. The molecule has 2 saturated heterocycles. The third-order valence-electron chi connectivity index (χ3n) is 9.45. The van der Waals surface area contributed by atoms with Crippen molar-refractivity contribution in [1.82, 2.24) is 30.3 Å². The molecule has 3 aliphatic rings. The number of nitrogens with one attached hydrogen (secondary N) is 4. The Labute approximate surface area is 304 Å². The zero-order valence-electron chi connectivity index (χ0n) is 28.4. The maximum absolute atomic E-state index is 14.2. The van der Waals surface area contributed by atoms with E-state index in [1.807, 2.05) is 4.90 Å². The third kappa shape index (κ3) is 7.27. The van der Waals surface area contributed by atoms with Crippen molar-refractivity contribution in [3.05, 3.63) is 89.2 Å². The number of nitrogens with zero attached hydrogens (tertiary/aromatic N) is 5. The molecule has 1 unspecified atom stereocenters. The number of H-pyrrole nitrogens is 1. The number of amides is 6. The summed E-state index contributed by atoms with van der Waals surface area (Å²) in [6.45, 7) is 1.94. The lowest BCUT2D eigenvalue weighted by molar-refractivity contribution is -0.137. The van der Waals surface area contributed by atoms with E-state index in [9.17, 15) is 41.9 Å². The van der Waals surface area contributed by atoms with Gasteiger partial charge in [0.05, 0.1) is 39.5 Å². The number of piperidine rings is 1. The van der Waals surface area contributed by atoms with Crippen LogP contribution in [0.4, 0.5) is 30.2 Å². The number of benzene rings is 2. The second kappa shape index (κ2) is 14.5. The van der Waals surface area contributed by atoms with Crippen LogP contribution in [0.5, 0.6) is 0 Å². The second-order valence-electron chi connectivity index (χ2n) is 12.9. The Balaban J connectivity index is 0.944. The molecule has 4 N–H and O–H groups in total. The van der Waals surface area contributed by atoms with Gasteiger partial charge in [-0.1, -0.05) is 12.1 Å². The number of hydrogen-bond donors (Lipinski definition) is 4. The van der Waals surface area contributed by atoms with Crippen LogP contribution in [0, 0.1) is 0 Å². The topological polar surface area (TPSA) is 190 Å². The number of imide groups is 2. The smallest absolute Gasteiger partial charge is 0.369 e. The summed E-state index contributed by atoms with van der Waals surface area (Å²) >= 11 is 0. The van der Waals surface area contributed by atoms with Crippen LogP contribution in [0.2, 0.25) is 0 Å². The van der Waals surface area contributed by atoms with Crippen molar-refractivity contribution in [2.75, 3.05) is 48.3 Å². The highest BCUT2D eigenvalue weighted by Crippen LogP contribution is 2.38. The van der Waals surface area contributed by atoms with Gasteiger partial charge in [-0.15, -0.1) is 0 Å². The molecule has 7 rings (SSSR count). The number of halogens is 3. The molecule has 0 spiro atoms. The zero-order chi connectivity index (χ0) is 38.1. The number of aromatic nitrogens is 3. The van der Waals surface area contributed by atoms with E-state index in [-0.39, 0.29) is 41.8 Å². The number of alkyl halides is 3. The number of piperazine rings is 1. The molecular weight excluding hydrogens is 711 g/mol. The fourth-order valence-corrected chi connectivity index (χ4v) is 6.69. The van der Waals surface area contributed by atoms with Gasteiger partial charge >= 0.3 is 6.18 Å². The summed E-state index contributed by atoms with van der Waals surface area (Å²) in [5, 5.41) is 13.8. The Bertz CT molecular complexity index is 2170. The highest BCUT2D eigenvalue weighted by molar-refractivity contribution is 6.26. The first-order valence-corrected chi connectivity index (χ1v) is 17.0. The molecule has 15 nitrogen and oxygen atoms in total. The van der Waals surface area contributed by atoms with Crippen LogP contribution in [-0.4, -0.2) is 99.2 Å². The quantitative estimate of drug-likeness (QED) is 0.185. The summed E-state index contributed by atoms with van der Waals surface area (Å²) in [5.41, 5.74) is -0.100. The zero-order valence-corrected chi connectivity index (χ0v) is 28.4. The number of carbonyl (C=O) groups excluding carboxylic acids is 6. The van der Waals surface area contributed by atoms with Crippen LogP contribution in [0.1, 0.15) is 56.0 Å². The Morgan fingerprint density at radius 3 is 2.39 bits per heavy atom. The fraction of sp³-hybridized carbons (Fsp3) is 0.278. The average Bonchev–Trinajstić information content (AvgIpc) is 3.78. The number of aromatic amines is 1. The largest absolute Gasteiger partial charge is 0.418 e. The molecule has 2 fully saturated rings. The SMILES string of the molecule is O=C1CCC(N2C(=O)c3cccc(NC(=O)CCN4CCN(c5ccc(NC(=O)c6cccc(-c7ccn[nH]7)n6)c(C(F)(F)F)c5)CC4)c3C2=O)C(=O)N1. The van der Waals surface area contributed by atoms with E-state index in [2.05, 4.69) is 31.1 Å². The maximum Gasteiger partial charge on any atom is 0.418 e. The lowest BCUT2D eigenvalue weighted by atomic mass is 10.0. The highest BCUT2D eigenvalue weighted by Gasteiger charge is 2.45. The summed E-state index contributed by atoms with van der Waals surface area (Å²) < 4.78 is 42.7. The monoisotopic (exact) mass is 743 g/mol. The summed E-state index contributed by atoms with van der Waals surface area (Å²) in [4.78, 5) is 85.2. The number of carbonyl (C=O) groups is 6.